The van der Waals surface area contributed by atoms with Gasteiger partial charge in [0.25, 0.3) is 0 Å². The number of carbonyl (C=O) groups excluding carboxylic acids is 2. The van der Waals surface area contributed by atoms with Crippen molar-refractivity contribution in [1.82, 2.24) is 9.78 Å². The number of amides is 1. The third-order valence-corrected chi connectivity index (χ3v) is 3.65. The maximum absolute atomic E-state index is 12.2. The summed E-state index contributed by atoms with van der Waals surface area (Å²) in [7, 11) is 0. The highest BCUT2D eigenvalue weighted by molar-refractivity contribution is 5.98. The first kappa shape index (κ1) is 16.4. The summed E-state index contributed by atoms with van der Waals surface area (Å²) in [6.07, 6.45) is 3.54. The van der Waals surface area contributed by atoms with E-state index in [1.807, 2.05) is 36.5 Å². The van der Waals surface area contributed by atoms with Crippen molar-refractivity contribution < 1.29 is 9.59 Å². The minimum Gasteiger partial charge on any atom is -0.374 e. The van der Waals surface area contributed by atoms with E-state index in [9.17, 15) is 9.59 Å². The first-order valence-electron chi connectivity index (χ1n) is 7.87. The lowest BCUT2D eigenvalue weighted by Crippen LogP contribution is -2.22. The Balaban J connectivity index is 1.66. The van der Waals surface area contributed by atoms with Gasteiger partial charge in [-0.05, 0) is 37.3 Å². The van der Waals surface area contributed by atoms with E-state index >= 15 is 0 Å². The molecule has 0 fully saturated rings. The van der Waals surface area contributed by atoms with Crippen LogP contribution in [0.1, 0.15) is 17.3 Å². The predicted molar refractivity (Wildman–Crippen MR) is 97.1 cm³/mol. The van der Waals surface area contributed by atoms with E-state index < -0.39 is 0 Å². The van der Waals surface area contributed by atoms with Gasteiger partial charge in [0.15, 0.2) is 5.78 Å². The van der Waals surface area contributed by atoms with E-state index in [0.717, 1.165) is 11.4 Å². The standard InChI is InChI=1S/C19H18N4O2/c1-14(24)15-6-4-7-16(12-15)22-19(25)13-20-17-8-2-3-9-18(17)23-11-5-10-21-23/h2-12,20H,13H2,1H3,(H,22,25). The second-order valence-electron chi connectivity index (χ2n) is 5.51. The normalized spacial score (nSPS) is 10.3. The Morgan fingerprint density at radius 3 is 2.68 bits per heavy atom. The number of nitrogens with zero attached hydrogens (tertiary/aromatic N) is 2. The van der Waals surface area contributed by atoms with Crippen molar-refractivity contribution in [3.63, 3.8) is 0 Å². The molecule has 2 aromatic carbocycles. The lowest BCUT2D eigenvalue weighted by atomic mass is 10.1. The van der Waals surface area contributed by atoms with Gasteiger partial charge in [-0.1, -0.05) is 24.3 Å². The molecule has 6 nitrogen and oxygen atoms in total. The first-order chi connectivity index (χ1) is 12.1. The molecule has 25 heavy (non-hydrogen) atoms. The van der Waals surface area contributed by atoms with Gasteiger partial charge in [0, 0.05) is 23.6 Å². The van der Waals surface area contributed by atoms with Gasteiger partial charge in [-0.3, -0.25) is 9.59 Å². The van der Waals surface area contributed by atoms with Gasteiger partial charge in [0.1, 0.15) is 0 Å². The van der Waals surface area contributed by atoms with Crippen LogP contribution in [0.4, 0.5) is 11.4 Å². The van der Waals surface area contributed by atoms with Gasteiger partial charge in [-0.15, -0.1) is 0 Å². The molecule has 0 aliphatic heterocycles. The summed E-state index contributed by atoms with van der Waals surface area (Å²) in [4.78, 5) is 23.6. The molecule has 1 aromatic heterocycles. The number of Topliss-reactive ketones (excluding diaryl/α,β-unsaturated/α-hetero) is 1. The molecule has 0 saturated heterocycles. The van der Waals surface area contributed by atoms with Crippen LogP contribution in [0.25, 0.3) is 5.69 Å². The van der Waals surface area contributed by atoms with Gasteiger partial charge in [0.2, 0.25) is 5.91 Å². The molecule has 126 valence electrons. The Labute approximate surface area is 145 Å². The molecule has 3 aromatic rings. The predicted octanol–water partition coefficient (Wildman–Crippen LogP) is 3.13. The Bertz CT molecular complexity index is 888. The van der Waals surface area contributed by atoms with Gasteiger partial charge in [-0.25, -0.2) is 4.68 Å². The van der Waals surface area contributed by atoms with Crippen molar-refractivity contribution in [2.45, 2.75) is 6.92 Å². The Morgan fingerprint density at radius 2 is 1.92 bits per heavy atom. The lowest BCUT2D eigenvalue weighted by Gasteiger charge is -2.12. The van der Waals surface area contributed by atoms with Crippen LogP contribution < -0.4 is 10.6 Å². The number of hydrogen-bond acceptors (Lipinski definition) is 4. The van der Waals surface area contributed by atoms with Crippen LogP contribution in [-0.4, -0.2) is 28.0 Å². The molecule has 0 aliphatic rings. The molecular formula is C19H18N4O2. The van der Waals surface area contributed by atoms with Crippen LogP contribution in [0.15, 0.2) is 67.0 Å². The molecule has 2 N–H and O–H groups in total. The van der Waals surface area contributed by atoms with Crippen LogP contribution in [0.3, 0.4) is 0 Å². The average molecular weight is 334 g/mol. The topological polar surface area (TPSA) is 76.0 Å². The third-order valence-electron chi connectivity index (χ3n) is 3.65. The van der Waals surface area contributed by atoms with Crippen molar-refractivity contribution in [2.75, 3.05) is 17.2 Å². The third kappa shape index (κ3) is 4.11. The van der Waals surface area contributed by atoms with E-state index in [1.54, 1.807) is 35.1 Å². The number of hydrogen-bond donors (Lipinski definition) is 2. The van der Waals surface area contributed by atoms with E-state index in [4.69, 9.17) is 0 Å². The molecule has 0 bridgehead atoms. The molecule has 0 radical (unpaired) electrons. The molecule has 0 aliphatic carbocycles. The van der Waals surface area contributed by atoms with E-state index in [2.05, 4.69) is 15.7 Å². The second kappa shape index (κ2) is 7.44. The van der Waals surface area contributed by atoms with Crippen LogP contribution in [0.5, 0.6) is 0 Å². The number of anilines is 2. The van der Waals surface area contributed by atoms with Crippen molar-refractivity contribution >= 4 is 23.1 Å². The van der Waals surface area contributed by atoms with Gasteiger partial charge < -0.3 is 10.6 Å². The monoisotopic (exact) mass is 334 g/mol. The smallest absolute Gasteiger partial charge is 0.243 e. The zero-order valence-corrected chi connectivity index (χ0v) is 13.8. The van der Waals surface area contributed by atoms with E-state index in [1.165, 1.54) is 6.92 Å². The van der Waals surface area contributed by atoms with E-state index in [0.29, 0.717) is 11.3 Å². The fourth-order valence-corrected chi connectivity index (χ4v) is 2.43. The zero-order valence-electron chi connectivity index (χ0n) is 13.8. The summed E-state index contributed by atoms with van der Waals surface area (Å²) < 4.78 is 1.73. The minimum atomic E-state index is -0.198. The molecule has 6 heteroatoms. The summed E-state index contributed by atoms with van der Waals surface area (Å²) in [5.41, 5.74) is 2.83. The van der Waals surface area contributed by atoms with Crippen LogP contribution in [-0.2, 0) is 4.79 Å². The quantitative estimate of drug-likeness (QED) is 0.679. The van der Waals surface area contributed by atoms with Gasteiger partial charge >= 0.3 is 0 Å². The molecule has 0 atom stereocenters. The molecule has 0 unspecified atom stereocenters. The molecule has 0 spiro atoms. The van der Waals surface area contributed by atoms with Crippen molar-refractivity contribution in [3.8, 4) is 5.69 Å². The van der Waals surface area contributed by atoms with Crippen molar-refractivity contribution in [2.24, 2.45) is 0 Å². The van der Waals surface area contributed by atoms with Crippen molar-refractivity contribution in [1.29, 1.82) is 0 Å². The Morgan fingerprint density at radius 1 is 1.08 bits per heavy atom. The Kier molecular flexibility index (Phi) is 4.89. The zero-order chi connectivity index (χ0) is 17.6. The molecule has 3 rings (SSSR count). The minimum absolute atomic E-state index is 0.0395. The fraction of sp³-hybridized carbons (Fsp3) is 0.105. The van der Waals surface area contributed by atoms with Crippen molar-refractivity contribution in [3.05, 3.63) is 72.6 Å². The fourth-order valence-electron chi connectivity index (χ4n) is 2.43. The average Bonchev–Trinajstić information content (AvgIpc) is 3.15. The summed E-state index contributed by atoms with van der Waals surface area (Å²) >= 11 is 0. The highest BCUT2D eigenvalue weighted by Crippen LogP contribution is 2.18. The maximum atomic E-state index is 12.2. The number of aromatic nitrogens is 2. The number of benzene rings is 2. The highest BCUT2D eigenvalue weighted by atomic mass is 16.2. The summed E-state index contributed by atoms with van der Waals surface area (Å²) in [5.74, 6) is -0.238. The van der Waals surface area contributed by atoms with Gasteiger partial charge in [0.05, 0.1) is 17.9 Å². The molecular weight excluding hydrogens is 316 g/mol. The number of rotatable bonds is 6. The van der Waals surface area contributed by atoms with Crippen LogP contribution in [0, 0.1) is 0 Å². The highest BCUT2D eigenvalue weighted by Gasteiger charge is 2.08. The van der Waals surface area contributed by atoms with Crippen LogP contribution >= 0.6 is 0 Å². The van der Waals surface area contributed by atoms with E-state index in [-0.39, 0.29) is 18.2 Å². The van der Waals surface area contributed by atoms with Crippen LogP contribution in [0.2, 0.25) is 0 Å². The number of carbonyl (C=O) groups is 2. The summed E-state index contributed by atoms with van der Waals surface area (Å²) in [6, 6.07) is 16.3. The molecule has 1 amide bonds. The Hall–Kier alpha value is -3.41. The second-order valence-corrected chi connectivity index (χ2v) is 5.51. The largest absolute Gasteiger partial charge is 0.374 e. The molecule has 1 heterocycles. The number of nitrogens with one attached hydrogen (secondary N) is 2. The lowest BCUT2D eigenvalue weighted by molar-refractivity contribution is -0.114. The SMILES string of the molecule is CC(=O)c1cccc(NC(=O)CNc2ccccc2-n2cccn2)c1. The van der Waals surface area contributed by atoms with Gasteiger partial charge in [-0.2, -0.15) is 5.10 Å². The number of para-hydroxylation sites is 2. The molecule has 0 saturated carbocycles. The maximum Gasteiger partial charge on any atom is 0.243 e. The summed E-state index contributed by atoms with van der Waals surface area (Å²) in [5, 5.41) is 10.1. The number of ketones is 1. The first-order valence-corrected chi connectivity index (χ1v) is 7.87. The summed E-state index contributed by atoms with van der Waals surface area (Å²) in [6.45, 7) is 1.59.